The van der Waals surface area contributed by atoms with Gasteiger partial charge in [0.25, 0.3) is 0 Å². The Hall–Kier alpha value is -2.12. The first-order chi connectivity index (χ1) is 15.4. The minimum absolute atomic E-state index is 0. The maximum absolute atomic E-state index is 12.9. The predicted octanol–water partition coefficient (Wildman–Crippen LogP) is 7.01. The van der Waals surface area contributed by atoms with Crippen molar-refractivity contribution in [1.82, 2.24) is 15.2 Å². The van der Waals surface area contributed by atoms with Gasteiger partial charge in [0.15, 0.2) is 0 Å². The summed E-state index contributed by atoms with van der Waals surface area (Å²) >= 11 is 0. The molecule has 2 aromatic rings. The average Bonchev–Trinajstić information content (AvgIpc) is 2.74. The first-order valence-electron chi connectivity index (χ1n) is 11.7. The molecule has 34 heavy (non-hydrogen) atoms. The lowest BCUT2D eigenvalue weighted by molar-refractivity contribution is -0.141. The zero-order valence-electron chi connectivity index (χ0n) is 20.7. The molecule has 2 rings (SSSR count). The van der Waals surface area contributed by atoms with Gasteiger partial charge in [-0.05, 0) is 62.5 Å². The fraction of sp³-hybridized carbons (Fsp3) is 0.593. The molecule has 0 aliphatic carbocycles. The van der Waals surface area contributed by atoms with Crippen LogP contribution in [0.25, 0.3) is 11.1 Å². The molecule has 1 aromatic carbocycles. The number of pyridine rings is 1. The monoisotopic (exact) mass is 481 g/mol. The molecular weight excluding hydrogens is 439 g/mol. The van der Waals surface area contributed by atoms with Crippen molar-refractivity contribution in [3.05, 3.63) is 47.3 Å². The lowest BCUT2D eigenvalue weighted by atomic mass is 9.83. The van der Waals surface area contributed by atoms with Crippen LogP contribution in [0.4, 0.5) is 13.2 Å². The van der Waals surface area contributed by atoms with Crippen LogP contribution in [0.1, 0.15) is 78.6 Å². The smallest absolute Gasteiger partial charge is 0.433 e. The summed E-state index contributed by atoms with van der Waals surface area (Å²) in [6.07, 6.45) is -1.21. The number of aromatic hydroxyl groups is 1. The van der Waals surface area contributed by atoms with E-state index >= 15 is 0 Å². The maximum atomic E-state index is 12.9. The van der Waals surface area contributed by atoms with Crippen molar-refractivity contribution in [2.45, 2.75) is 86.0 Å². The van der Waals surface area contributed by atoms with Gasteiger partial charge in [-0.25, -0.2) is 0 Å². The number of halogens is 3. The van der Waals surface area contributed by atoms with E-state index in [1.807, 2.05) is 12.1 Å². The Morgan fingerprint density at radius 2 is 1.74 bits per heavy atom. The summed E-state index contributed by atoms with van der Waals surface area (Å²) in [6.45, 7) is 16.3. The third-order valence-electron chi connectivity index (χ3n) is 6.07. The largest absolute Gasteiger partial charge is 0.507 e. The second-order valence-corrected chi connectivity index (χ2v) is 9.66. The van der Waals surface area contributed by atoms with Crippen molar-refractivity contribution in [3.8, 4) is 16.9 Å². The number of aromatic nitrogens is 1. The molecule has 0 bridgehead atoms. The molecule has 4 nitrogen and oxygen atoms in total. The van der Waals surface area contributed by atoms with E-state index < -0.39 is 11.9 Å². The molecule has 0 fully saturated rings. The highest BCUT2D eigenvalue weighted by Crippen LogP contribution is 2.38. The van der Waals surface area contributed by atoms with Crippen molar-refractivity contribution < 1.29 is 18.3 Å². The molecule has 1 unspecified atom stereocenters. The van der Waals surface area contributed by atoms with E-state index in [1.165, 1.54) is 12.3 Å². The molecule has 0 saturated carbocycles. The van der Waals surface area contributed by atoms with Gasteiger partial charge in [0, 0.05) is 35.5 Å². The van der Waals surface area contributed by atoms with E-state index in [4.69, 9.17) is 0 Å². The predicted molar refractivity (Wildman–Crippen MR) is 135 cm³/mol. The summed E-state index contributed by atoms with van der Waals surface area (Å²) in [5.74, 6) is 0.0763. The Labute approximate surface area is 203 Å². The number of rotatable bonds is 10. The molecule has 1 atom stereocenters. The average molecular weight is 482 g/mol. The second-order valence-electron chi connectivity index (χ2n) is 9.66. The van der Waals surface area contributed by atoms with Crippen LogP contribution >= 0.6 is 0 Å². The van der Waals surface area contributed by atoms with Gasteiger partial charge >= 0.3 is 6.18 Å². The van der Waals surface area contributed by atoms with E-state index in [1.54, 1.807) is 0 Å². The number of hydrogen-bond acceptors (Lipinski definition) is 4. The van der Waals surface area contributed by atoms with Crippen molar-refractivity contribution >= 4 is 0 Å². The van der Waals surface area contributed by atoms with Gasteiger partial charge in [0.1, 0.15) is 11.4 Å². The zero-order valence-corrected chi connectivity index (χ0v) is 20.7. The topological polar surface area (TPSA) is 48.4 Å². The number of phenolic OH excluding ortho intramolecular Hbond substituents is 1. The summed E-state index contributed by atoms with van der Waals surface area (Å²) in [7, 11) is 0. The van der Waals surface area contributed by atoms with Gasteiger partial charge < -0.3 is 15.3 Å². The Morgan fingerprint density at radius 3 is 2.24 bits per heavy atom. The zero-order chi connectivity index (χ0) is 24.8. The van der Waals surface area contributed by atoms with Crippen LogP contribution in [0.2, 0.25) is 0 Å². The molecule has 0 aliphatic heterocycles. The quantitative estimate of drug-likeness (QED) is 0.383. The summed E-state index contributed by atoms with van der Waals surface area (Å²) in [5.41, 5.74) is 1.55. The van der Waals surface area contributed by atoms with Gasteiger partial charge in [0.05, 0.1) is 0 Å². The standard InChI is InChI=1S/C26H38F3N3O.CH4/c1-7-32(8-2)13-9-10-18(3)30-17-20-14-21(25(4,5)6)15-22(24(20)33)19-11-12-23(31-16-19)26(27,28)29;/h11-12,14-16,18,30,33H,7-10,13,17H2,1-6H3;1H4. The fourth-order valence-corrected chi connectivity index (χ4v) is 3.75. The Bertz CT molecular complexity index is 886. The summed E-state index contributed by atoms with van der Waals surface area (Å²) in [5, 5.41) is 14.5. The third kappa shape index (κ3) is 8.27. The van der Waals surface area contributed by atoms with Crippen molar-refractivity contribution in [3.63, 3.8) is 0 Å². The van der Waals surface area contributed by atoms with Crippen molar-refractivity contribution in [2.24, 2.45) is 0 Å². The summed E-state index contributed by atoms with van der Waals surface area (Å²) in [4.78, 5) is 5.97. The first-order valence-corrected chi connectivity index (χ1v) is 11.7. The van der Waals surface area contributed by atoms with Crippen LogP contribution in [-0.2, 0) is 18.1 Å². The number of nitrogens with one attached hydrogen (secondary N) is 1. The van der Waals surface area contributed by atoms with E-state index in [-0.39, 0.29) is 24.6 Å². The van der Waals surface area contributed by atoms with Gasteiger partial charge in [0.2, 0.25) is 0 Å². The number of alkyl halides is 3. The first kappa shape index (κ1) is 29.9. The van der Waals surface area contributed by atoms with E-state index in [9.17, 15) is 18.3 Å². The van der Waals surface area contributed by atoms with E-state index in [0.29, 0.717) is 17.7 Å². The SMILES string of the molecule is C.CCN(CC)CCCC(C)NCc1cc(C(C)(C)C)cc(-c2ccc(C(F)(F)F)nc2)c1O. The highest BCUT2D eigenvalue weighted by atomic mass is 19.4. The van der Waals surface area contributed by atoms with E-state index in [0.717, 1.165) is 49.7 Å². The minimum Gasteiger partial charge on any atom is -0.507 e. The van der Waals surface area contributed by atoms with Crippen LogP contribution in [0.3, 0.4) is 0 Å². The molecule has 7 heteroatoms. The van der Waals surface area contributed by atoms with Gasteiger partial charge in [-0.2, -0.15) is 13.2 Å². The Balaban J connectivity index is 0.00000578. The summed E-state index contributed by atoms with van der Waals surface area (Å²) in [6, 6.07) is 6.41. The van der Waals surface area contributed by atoms with Crippen LogP contribution in [0.5, 0.6) is 5.75 Å². The fourth-order valence-electron chi connectivity index (χ4n) is 3.75. The number of phenols is 1. The summed E-state index contributed by atoms with van der Waals surface area (Å²) < 4.78 is 38.7. The molecule has 1 aromatic heterocycles. The molecule has 0 spiro atoms. The molecule has 0 saturated heterocycles. The molecule has 2 N–H and O–H groups in total. The van der Waals surface area contributed by atoms with Gasteiger partial charge in [-0.15, -0.1) is 0 Å². The second kappa shape index (κ2) is 12.5. The van der Waals surface area contributed by atoms with Crippen LogP contribution in [-0.4, -0.2) is 40.7 Å². The number of benzene rings is 1. The molecule has 0 amide bonds. The van der Waals surface area contributed by atoms with Crippen LogP contribution < -0.4 is 5.32 Å². The van der Waals surface area contributed by atoms with Crippen molar-refractivity contribution in [2.75, 3.05) is 19.6 Å². The molecule has 192 valence electrons. The normalized spacial score (nSPS) is 13.1. The molecule has 0 aliphatic rings. The van der Waals surface area contributed by atoms with Crippen molar-refractivity contribution in [1.29, 1.82) is 0 Å². The number of nitrogens with zero attached hydrogens (tertiary/aromatic N) is 2. The van der Waals surface area contributed by atoms with Crippen LogP contribution in [0.15, 0.2) is 30.5 Å². The highest BCUT2D eigenvalue weighted by molar-refractivity contribution is 5.72. The third-order valence-corrected chi connectivity index (χ3v) is 6.07. The highest BCUT2D eigenvalue weighted by Gasteiger charge is 2.32. The maximum Gasteiger partial charge on any atom is 0.433 e. The van der Waals surface area contributed by atoms with E-state index in [2.05, 4.69) is 56.7 Å². The van der Waals surface area contributed by atoms with Crippen LogP contribution in [0, 0.1) is 0 Å². The number of hydrogen-bond donors (Lipinski definition) is 2. The Morgan fingerprint density at radius 1 is 1.09 bits per heavy atom. The molecule has 1 heterocycles. The minimum atomic E-state index is -4.50. The Kier molecular flexibility index (Phi) is 11.0. The van der Waals surface area contributed by atoms with Gasteiger partial charge in [-0.1, -0.05) is 54.2 Å². The van der Waals surface area contributed by atoms with Gasteiger partial charge in [-0.3, -0.25) is 4.98 Å². The lowest BCUT2D eigenvalue weighted by Crippen LogP contribution is -2.29. The molecule has 0 radical (unpaired) electrons. The molecular formula is C27H42F3N3O. The lowest BCUT2D eigenvalue weighted by Gasteiger charge is -2.24.